The van der Waals surface area contributed by atoms with Crippen LogP contribution in [0.15, 0.2) is 49.2 Å². The number of nitrogens with one attached hydrogen (secondary N) is 1. The number of aryl methyl sites for hydroxylation is 2. The minimum atomic E-state index is 0.970. The van der Waals surface area contributed by atoms with Gasteiger partial charge in [0.1, 0.15) is 0 Å². The van der Waals surface area contributed by atoms with Gasteiger partial charge >= 0.3 is 0 Å². The fraction of sp³-hybridized carbons (Fsp3) is 0.278. The summed E-state index contributed by atoms with van der Waals surface area (Å²) in [6.45, 7) is 4.75. The second-order valence-corrected chi connectivity index (χ2v) is 4.91. The van der Waals surface area contributed by atoms with Gasteiger partial charge in [-0.2, -0.15) is 0 Å². The van der Waals surface area contributed by atoms with E-state index in [1.54, 1.807) is 0 Å². The van der Waals surface area contributed by atoms with Gasteiger partial charge in [-0.3, -0.25) is 4.98 Å². The molecule has 0 unspecified atom stereocenters. The van der Waals surface area contributed by atoms with Crippen molar-refractivity contribution in [3.63, 3.8) is 0 Å². The van der Waals surface area contributed by atoms with E-state index in [1.807, 2.05) is 25.4 Å². The lowest BCUT2D eigenvalue weighted by molar-refractivity contribution is 0.763. The Hall–Kier alpha value is -1.93. The molecule has 0 saturated heterocycles. The number of hydrogen-bond donors (Lipinski definition) is 1. The second kappa shape index (κ2) is 7.61. The molecule has 2 nitrogen and oxygen atoms in total. The van der Waals surface area contributed by atoms with Crippen molar-refractivity contribution < 1.29 is 0 Å². The van der Waals surface area contributed by atoms with Crippen LogP contribution < -0.4 is 5.32 Å². The fourth-order valence-corrected chi connectivity index (χ4v) is 2.27. The summed E-state index contributed by atoms with van der Waals surface area (Å²) < 4.78 is 0. The molecule has 1 N–H and O–H groups in total. The molecule has 1 aromatic carbocycles. The molecule has 0 bridgehead atoms. The van der Waals surface area contributed by atoms with E-state index in [0.717, 1.165) is 25.8 Å². The minimum absolute atomic E-state index is 0.970. The van der Waals surface area contributed by atoms with Crippen molar-refractivity contribution in [3.05, 3.63) is 71.6 Å². The summed E-state index contributed by atoms with van der Waals surface area (Å²) in [5.74, 6) is 0. The zero-order chi connectivity index (χ0) is 14.2. The molecule has 0 fully saturated rings. The third kappa shape index (κ3) is 4.04. The summed E-state index contributed by atoms with van der Waals surface area (Å²) in [6.07, 6.45) is 6.84. The van der Waals surface area contributed by atoms with E-state index in [2.05, 4.69) is 47.2 Å². The standard InChI is InChI=1S/C18H22N2/c1-3-15-6-8-16(9-7-15)10-11-17-5-4-13-20-18(17)12-14-19-2/h3-9,13,19H,1,10-12,14H2,2H3. The van der Waals surface area contributed by atoms with Gasteiger partial charge < -0.3 is 5.32 Å². The SMILES string of the molecule is C=Cc1ccc(CCc2cccnc2CCNC)cc1. The number of aromatic nitrogens is 1. The van der Waals surface area contributed by atoms with Crippen LogP contribution in [0.4, 0.5) is 0 Å². The van der Waals surface area contributed by atoms with Crippen LogP contribution >= 0.6 is 0 Å². The Bertz CT molecular complexity index is 544. The molecule has 2 aromatic rings. The molecule has 0 aliphatic heterocycles. The number of nitrogens with zero attached hydrogens (tertiary/aromatic N) is 1. The molecular formula is C18H22N2. The summed E-state index contributed by atoms with van der Waals surface area (Å²) in [5.41, 5.74) is 5.10. The molecule has 1 heterocycles. The fourth-order valence-electron chi connectivity index (χ4n) is 2.27. The van der Waals surface area contributed by atoms with E-state index in [0.29, 0.717) is 0 Å². The summed E-state index contributed by atoms with van der Waals surface area (Å²) in [6, 6.07) is 12.8. The molecule has 0 spiro atoms. The van der Waals surface area contributed by atoms with Gasteiger partial charge in [-0.25, -0.2) is 0 Å². The molecule has 0 aliphatic carbocycles. The Morgan fingerprint density at radius 1 is 1.10 bits per heavy atom. The summed E-state index contributed by atoms with van der Waals surface area (Å²) >= 11 is 0. The monoisotopic (exact) mass is 266 g/mol. The molecule has 2 heteroatoms. The van der Waals surface area contributed by atoms with Gasteiger partial charge in [-0.15, -0.1) is 0 Å². The van der Waals surface area contributed by atoms with E-state index < -0.39 is 0 Å². The largest absolute Gasteiger partial charge is 0.319 e. The predicted molar refractivity (Wildman–Crippen MR) is 85.8 cm³/mol. The van der Waals surface area contributed by atoms with Crippen LogP contribution in [0.1, 0.15) is 22.4 Å². The van der Waals surface area contributed by atoms with Crippen LogP contribution in [0.2, 0.25) is 0 Å². The molecule has 0 saturated carbocycles. The van der Waals surface area contributed by atoms with Crippen LogP contribution in [0.5, 0.6) is 0 Å². The number of rotatable bonds is 7. The van der Waals surface area contributed by atoms with Gasteiger partial charge in [0, 0.05) is 24.9 Å². The zero-order valence-electron chi connectivity index (χ0n) is 12.1. The van der Waals surface area contributed by atoms with Crippen molar-refractivity contribution in [2.75, 3.05) is 13.6 Å². The van der Waals surface area contributed by atoms with Crippen LogP contribution in [0.25, 0.3) is 6.08 Å². The lowest BCUT2D eigenvalue weighted by Gasteiger charge is -2.08. The molecular weight excluding hydrogens is 244 g/mol. The highest BCUT2D eigenvalue weighted by Gasteiger charge is 2.03. The Morgan fingerprint density at radius 2 is 1.90 bits per heavy atom. The lowest BCUT2D eigenvalue weighted by atomic mass is 10.0. The van der Waals surface area contributed by atoms with Gasteiger partial charge in [-0.05, 0) is 42.6 Å². The minimum Gasteiger partial charge on any atom is -0.319 e. The first-order valence-electron chi connectivity index (χ1n) is 7.12. The lowest BCUT2D eigenvalue weighted by Crippen LogP contribution is -2.12. The number of hydrogen-bond acceptors (Lipinski definition) is 2. The Labute approximate surface area is 121 Å². The van der Waals surface area contributed by atoms with Gasteiger partial charge in [0.25, 0.3) is 0 Å². The average molecular weight is 266 g/mol. The summed E-state index contributed by atoms with van der Waals surface area (Å²) in [5, 5.41) is 3.18. The quantitative estimate of drug-likeness (QED) is 0.832. The number of benzene rings is 1. The van der Waals surface area contributed by atoms with E-state index in [9.17, 15) is 0 Å². The second-order valence-electron chi connectivity index (χ2n) is 4.91. The third-order valence-corrected chi connectivity index (χ3v) is 3.49. The first kappa shape index (κ1) is 14.5. The van der Waals surface area contributed by atoms with Crippen molar-refractivity contribution in [1.29, 1.82) is 0 Å². The van der Waals surface area contributed by atoms with Crippen molar-refractivity contribution in [2.45, 2.75) is 19.3 Å². The van der Waals surface area contributed by atoms with Gasteiger partial charge in [0.2, 0.25) is 0 Å². The number of pyridine rings is 1. The number of likely N-dealkylation sites (N-methyl/N-ethyl adjacent to an activating group) is 1. The Balaban J connectivity index is 2.00. The maximum absolute atomic E-state index is 4.50. The highest BCUT2D eigenvalue weighted by atomic mass is 14.8. The topological polar surface area (TPSA) is 24.9 Å². The van der Waals surface area contributed by atoms with Gasteiger partial charge in [0.15, 0.2) is 0 Å². The first-order chi connectivity index (χ1) is 9.83. The smallest absolute Gasteiger partial charge is 0.0448 e. The molecule has 104 valence electrons. The van der Waals surface area contributed by atoms with Crippen molar-refractivity contribution >= 4 is 6.08 Å². The average Bonchev–Trinajstić information content (AvgIpc) is 2.52. The molecule has 0 radical (unpaired) electrons. The normalized spacial score (nSPS) is 10.4. The molecule has 0 amide bonds. The van der Waals surface area contributed by atoms with E-state index in [-0.39, 0.29) is 0 Å². The first-order valence-corrected chi connectivity index (χ1v) is 7.12. The Morgan fingerprint density at radius 3 is 2.60 bits per heavy atom. The highest BCUT2D eigenvalue weighted by Crippen LogP contribution is 2.12. The molecule has 0 aliphatic rings. The van der Waals surface area contributed by atoms with E-state index >= 15 is 0 Å². The summed E-state index contributed by atoms with van der Waals surface area (Å²) in [4.78, 5) is 4.50. The third-order valence-electron chi connectivity index (χ3n) is 3.49. The predicted octanol–water partition coefficient (Wildman–Crippen LogP) is 3.27. The van der Waals surface area contributed by atoms with Gasteiger partial charge in [0.05, 0.1) is 0 Å². The molecule has 20 heavy (non-hydrogen) atoms. The van der Waals surface area contributed by atoms with E-state index in [4.69, 9.17) is 0 Å². The van der Waals surface area contributed by atoms with Crippen LogP contribution in [-0.4, -0.2) is 18.6 Å². The maximum atomic E-state index is 4.50. The van der Waals surface area contributed by atoms with Crippen molar-refractivity contribution in [1.82, 2.24) is 10.3 Å². The van der Waals surface area contributed by atoms with Crippen LogP contribution in [0, 0.1) is 0 Å². The van der Waals surface area contributed by atoms with Gasteiger partial charge in [-0.1, -0.05) is 43.0 Å². The molecule has 2 rings (SSSR count). The van der Waals surface area contributed by atoms with Crippen molar-refractivity contribution in [3.8, 4) is 0 Å². The summed E-state index contributed by atoms with van der Waals surface area (Å²) in [7, 11) is 1.98. The highest BCUT2D eigenvalue weighted by molar-refractivity contribution is 5.47. The molecule has 1 aromatic heterocycles. The van der Waals surface area contributed by atoms with Crippen LogP contribution in [0.3, 0.4) is 0 Å². The van der Waals surface area contributed by atoms with Crippen LogP contribution in [-0.2, 0) is 19.3 Å². The van der Waals surface area contributed by atoms with Crippen molar-refractivity contribution in [2.24, 2.45) is 0 Å². The molecule has 0 atom stereocenters. The zero-order valence-corrected chi connectivity index (χ0v) is 12.1. The Kier molecular flexibility index (Phi) is 5.51. The van der Waals surface area contributed by atoms with E-state index in [1.165, 1.54) is 22.4 Å². The maximum Gasteiger partial charge on any atom is 0.0448 e.